The summed E-state index contributed by atoms with van der Waals surface area (Å²) in [4.78, 5) is 2.01. The summed E-state index contributed by atoms with van der Waals surface area (Å²) in [6.07, 6.45) is 0. The molecule has 0 bridgehead atoms. The molecule has 16 heavy (non-hydrogen) atoms. The molecule has 0 amide bonds. The number of hydrogen-bond acceptors (Lipinski definition) is 2. The van der Waals surface area contributed by atoms with E-state index in [1.807, 2.05) is 29.2 Å². The topological polar surface area (TPSA) is 12.5 Å². The van der Waals surface area contributed by atoms with Gasteiger partial charge in [-0.05, 0) is 43.8 Å². The highest BCUT2D eigenvalue weighted by molar-refractivity contribution is 7.80. The zero-order valence-electron chi connectivity index (χ0n) is 9.57. The zero-order valence-corrected chi connectivity index (χ0v) is 11.1. The van der Waals surface area contributed by atoms with Crippen LogP contribution in [0.2, 0.25) is 5.02 Å². The molecule has 0 atom stereocenters. The zero-order chi connectivity index (χ0) is 12.0. The Morgan fingerprint density at radius 2 is 1.81 bits per heavy atom. The summed E-state index contributed by atoms with van der Waals surface area (Å²) in [6.45, 7) is 6.35. The average molecular weight is 258 g/mol. The van der Waals surface area contributed by atoms with Crippen LogP contribution in [0, 0.1) is 0 Å². The lowest BCUT2D eigenvalue weighted by Gasteiger charge is -2.21. The van der Waals surface area contributed by atoms with Gasteiger partial charge in [-0.1, -0.05) is 23.7 Å². The van der Waals surface area contributed by atoms with Crippen LogP contribution in [0.15, 0.2) is 24.3 Å². The summed E-state index contributed by atoms with van der Waals surface area (Å²) >= 11 is 11.0. The third-order valence-corrected chi connectivity index (χ3v) is 2.93. The smallest absolute Gasteiger partial charge is 0.259 e. The maximum absolute atomic E-state index is 5.79. The summed E-state index contributed by atoms with van der Waals surface area (Å²) in [5.74, 6) is 0. The minimum absolute atomic E-state index is 0.493. The minimum Gasteiger partial charge on any atom is -0.466 e. The molecule has 0 saturated heterocycles. The van der Waals surface area contributed by atoms with Gasteiger partial charge in [-0.15, -0.1) is 0 Å². The molecule has 1 rings (SSSR count). The Balaban J connectivity index is 2.45. The van der Waals surface area contributed by atoms with Gasteiger partial charge >= 0.3 is 0 Å². The third kappa shape index (κ3) is 3.99. The van der Waals surface area contributed by atoms with Crippen LogP contribution < -0.4 is 0 Å². The van der Waals surface area contributed by atoms with Crippen molar-refractivity contribution in [2.45, 2.75) is 20.5 Å². The van der Waals surface area contributed by atoms with Crippen molar-refractivity contribution < 1.29 is 4.74 Å². The van der Waals surface area contributed by atoms with Gasteiger partial charge in [0.2, 0.25) is 0 Å². The van der Waals surface area contributed by atoms with Crippen molar-refractivity contribution in [3.05, 3.63) is 34.9 Å². The van der Waals surface area contributed by atoms with E-state index in [4.69, 9.17) is 28.6 Å². The highest BCUT2D eigenvalue weighted by Gasteiger charge is 2.05. The Hall–Kier alpha value is -0.800. The lowest BCUT2D eigenvalue weighted by molar-refractivity contribution is 0.238. The number of ether oxygens (including phenoxy) is 1. The molecule has 4 heteroatoms. The lowest BCUT2D eigenvalue weighted by Crippen LogP contribution is -2.30. The number of rotatable bonds is 4. The van der Waals surface area contributed by atoms with Crippen molar-refractivity contribution in [2.75, 3.05) is 13.1 Å². The second-order valence-electron chi connectivity index (χ2n) is 3.35. The molecular formula is C12H16ClNOS. The van der Waals surface area contributed by atoms with E-state index in [9.17, 15) is 0 Å². The first-order chi connectivity index (χ1) is 7.67. The second-order valence-corrected chi connectivity index (χ2v) is 4.14. The summed E-state index contributed by atoms with van der Waals surface area (Å²) < 4.78 is 5.53. The molecule has 0 N–H and O–H groups in total. The number of nitrogens with zero attached hydrogens (tertiary/aromatic N) is 1. The Morgan fingerprint density at radius 1 is 1.25 bits per heavy atom. The van der Waals surface area contributed by atoms with Crippen LogP contribution in [-0.2, 0) is 11.3 Å². The predicted octanol–water partition coefficient (Wildman–Crippen LogP) is 3.48. The highest BCUT2D eigenvalue weighted by atomic mass is 35.5. The predicted molar refractivity (Wildman–Crippen MR) is 71.8 cm³/mol. The average Bonchev–Trinajstić information content (AvgIpc) is 2.30. The van der Waals surface area contributed by atoms with Gasteiger partial charge < -0.3 is 9.64 Å². The number of hydrogen-bond donors (Lipinski definition) is 0. The van der Waals surface area contributed by atoms with E-state index in [-0.39, 0.29) is 0 Å². The minimum atomic E-state index is 0.493. The van der Waals surface area contributed by atoms with E-state index < -0.39 is 0 Å². The number of benzene rings is 1. The molecule has 0 aliphatic carbocycles. The molecule has 0 saturated carbocycles. The van der Waals surface area contributed by atoms with Crippen LogP contribution in [0.1, 0.15) is 19.4 Å². The standard InChI is InChI=1S/C12H16ClNOS/c1-3-14(4-2)12(16)15-9-10-5-7-11(13)8-6-10/h5-8H,3-4,9H2,1-2H3. The first kappa shape index (κ1) is 13.3. The summed E-state index contributed by atoms with van der Waals surface area (Å²) in [5.41, 5.74) is 1.07. The highest BCUT2D eigenvalue weighted by Crippen LogP contribution is 2.10. The molecule has 0 aliphatic rings. The van der Waals surface area contributed by atoms with E-state index in [0.29, 0.717) is 11.8 Å². The molecule has 0 heterocycles. The normalized spacial score (nSPS) is 9.94. The quantitative estimate of drug-likeness (QED) is 0.767. The molecule has 0 aromatic heterocycles. The summed E-state index contributed by atoms with van der Waals surface area (Å²) in [5, 5.41) is 1.29. The Bertz CT molecular complexity index is 335. The van der Waals surface area contributed by atoms with E-state index >= 15 is 0 Å². The van der Waals surface area contributed by atoms with E-state index in [0.717, 1.165) is 23.7 Å². The van der Waals surface area contributed by atoms with Gasteiger partial charge in [0.15, 0.2) is 0 Å². The third-order valence-electron chi connectivity index (χ3n) is 2.30. The van der Waals surface area contributed by atoms with Gasteiger partial charge in [-0.2, -0.15) is 0 Å². The van der Waals surface area contributed by atoms with Gasteiger partial charge in [0.1, 0.15) is 6.61 Å². The van der Waals surface area contributed by atoms with Gasteiger partial charge in [-0.25, -0.2) is 0 Å². The molecular weight excluding hydrogens is 242 g/mol. The fourth-order valence-electron chi connectivity index (χ4n) is 1.30. The van der Waals surface area contributed by atoms with Crippen LogP contribution in [0.3, 0.4) is 0 Å². The first-order valence-corrected chi connectivity index (χ1v) is 6.12. The monoisotopic (exact) mass is 257 g/mol. The van der Waals surface area contributed by atoms with Crippen molar-refractivity contribution in [3.63, 3.8) is 0 Å². The largest absolute Gasteiger partial charge is 0.466 e. The molecule has 1 aromatic rings. The van der Waals surface area contributed by atoms with Gasteiger partial charge in [-0.3, -0.25) is 0 Å². The first-order valence-electron chi connectivity index (χ1n) is 5.33. The summed E-state index contributed by atoms with van der Waals surface area (Å²) in [6, 6.07) is 7.57. The van der Waals surface area contributed by atoms with Gasteiger partial charge in [0.05, 0.1) is 0 Å². The van der Waals surface area contributed by atoms with E-state index in [1.165, 1.54) is 0 Å². The van der Waals surface area contributed by atoms with Crippen LogP contribution in [0.4, 0.5) is 0 Å². The Kier molecular flexibility index (Phi) is 5.56. The van der Waals surface area contributed by atoms with Gasteiger partial charge in [0.25, 0.3) is 5.17 Å². The molecule has 2 nitrogen and oxygen atoms in total. The van der Waals surface area contributed by atoms with E-state index in [2.05, 4.69) is 13.8 Å². The maximum Gasteiger partial charge on any atom is 0.259 e. The lowest BCUT2D eigenvalue weighted by atomic mass is 10.2. The number of halogens is 1. The molecule has 0 fully saturated rings. The van der Waals surface area contributed by atoms with Crippen molar-refractivity contribution in [1.82, 2.24) is 4.90 Å². The number of thiocarbonyl (C=S) groups is 1. The van der Waals surface area contributed by atoms with Crippen molar-refractivity contribution in [1.29, 1.82) is 0 Å². The SMILES string of the molecule is CCN(CC)C(=S)OCc1ccc(Cl)cc1. The van der Waals surface area contributed by atoms with Crippen LogP contribution in [0.25, 0.3) is 0 Å². The Morgan fingerprint density at radius 3 is 2.31 bits per heavy atom. The molecule has 0 radical (unpaired) electrons. The fourth-order valence-corrected chi connectivity index (χ4v) is 1.74. The van der Waals surface area contributed by atoms with Crippen molar-refractivity contribution in [3.8, 4) is 0 Å². The molecule has 0 spiro atoms. The molecule has 88 valence electrons. The summed E-state index contributed by atoms with van der Waals surface area (Å²) in [7, 11) is 0. The maximum atomic E-state index is 5.79. The fraction of sp³-hybridized carbons (Fsp3) is 0.417. The Labute approximate surface area is 107 Å². The van der Waals surface area contributed by atoms with Crippen molar-refractivity contribution in [2.24, 2.45) is 0 Å². The van der Waals surface area contributed by atoms with Crippen LogP contribution >= 0.6 is 23.8 Å². The molecule has 0 unspecified atom stereocenters. The van der Waals surface area contributed by atoms with Crippen LogP contribution in [-0.4, -0.2) is 23.2 Å². The molecule has 1 aromatic carbocycles. The van der Waals surface area contributed by atoms with Gasteiger partial charge in [0, 0.05) is 18.1 Å². The van der Waals surface area contributed by atoms with Crippen LogP contribution in [0.5, 0.6) is 0 Å². The van der Waals surface area contributed by atoms with Crippen molar-refractivity contribution >= 4 is 29.0 Å². The van der Waals surface area contributed by atoms with E-state index in [1.54, 1.807) is 0 Å². The molecule has 0 aliphatic heterocycles. The second kappa shape index (κ2) is 6.71.